The number of thioether (sulfide) groups is 1. The first kappa shape index (κ1) is 11.3. The van der Waals surface area contributed by atoms with E-state index in [0.717, 1.165) is 31.2 Å². The molecule has 1 aliphatic heterocycles. The molecule has 0 radical (unpaired) electrons. The van der Waals surface area contributed by atoms with Crippen LogP contribution >= 0.6 is 11.8 Å². The molecule has 1 unspecified atom stereocenters. The summed E-state index contributed by atoms with van der Waals surface area (Å²) in [4.78, 5) is 0. The Morgan fingerprint density at radius 3 is 2.88 bits per heavy atom. The van der Waals surface area contributed by atoms with E-state index in [4.69, 9.17) is 10.00 Å². The monoisotopic (exact) mass is 234 g/mol. The van der Waals surface area contributed by atoms with Gasteiger partial charge in [-0.25, -0.2) is 0 Å². The lowest BCUT2D eigenvalue weighted by Crippen LogP contribution is -2.15. The topological polar surface area (TPSA) is 45.0 Å². The number of nitriles is 1. The minimum atomic E-state index is 0.669. The molecule has 0 amide bonds. The van der Waals surface area contributed by atoms with Crippen LogP contribution in [-0.4, -0.2) is 24.3 Å². The Hall–Kier alpha value is -1.18. The number of hydrogen-bond acceptors (Lipinski definition) is 4. The average molecular weight is 234 g/mol. The van der Waals surface area contributed by atoms with E-state index in [1.807, 2.05) is 23.9 Å². The maximum Gasteiger partial charge on any atom is 0.119 e. The Labute approximate surface area is 99.8 Å². The first-order valence-corrected chi connectivity index (χ1v) is 6.38. The predicted molar refractivity (Wildman–Crippen MR) is 65.5 cm³/mol. The fourth-order valence-corrected chi connectivity index (χ4v) is 2.54. The highest BCUT2D eigenvalue weighted by Crippen LogP contribution is 2.19. The zero-order valence-corrected chi connectivity index (χ0v) is 9.80. The lowest BCUT2D eigenvalue weighted by molar-refractivity contribution is 0.309. The summed E-state index contributed by atoms with van der Waals surface area (Å²) < 4.78 is 5.62. The molecule has 0 aliphatic carbocycles. The standard InChI is InChI=1S/C12H14N2OS/c13-7-10-1-3-11(4-2-10)15-6-5-12-8-14-9-16-12/h1-4,12,14H,5-6,8-9H2. The van der Waals surface area contributed by atoms with Crippen molar-refractivity contribution in [1.82, 2.24) is 5.32 Å². The zero-order chi connectivity index (χ0) is 11.2. The van der Waals surface area contributed by atoms with E-state index < -0.39 is 0 Å². The van der Waals surface area contributed by atoms with Crippen molar-refractivity contribution in [2.24, 2.45) is 0 Å². The van der Waals surface area contributed by atoms with Gasteiger partial charge in [0, 0.05) is 17.7 Å². The zero-order valence-electron chi connectivity index (χ0n) is 8.98. The summed E-state index contributed by atoms with van der Waals surface area (Å²) in [7, 11) is 0. The smallest absolute Gasteiger partial charge is 0.119 e. The van der Waals surface area contributed by atoms with Gasteiger partial charge in [-0.3, -0.25) is 0 Å². The number of rotatable bonds is 4. The van der Waals surface area contributed by atoms with Crippen molar-refractivity contribution < 1.29 is 4.74 Å². The summed E-state index contributed by atoms with van der Waals surface area (Å²) in [6.07, 6.45) is 1.07. The van der Waals surface area contributed by atoms with E-state index >= 15 is 0 Å². The quantitative estimate of drug-likeness (QED) is 0.865. The van der Waals surface area contributed by atoms with Gasteiger partial charge in [0.25, 0.3) is 0 Å². The van der Waals surface area contributed by atoms with Crippen LogP contribution in [0.25, 0.3) is 0 Å². The highest BCUT2D eigenvalue weighted by Gasteiger charge is 2.14. The second-order valence-electron chi connectivity index (χ2n) is 3.66. The van der Waals surface area contributed by atoms with E-state index in [0.29, 0.717) is 10.8 Å². The molecule has 4 heteroatoms. The van der Waals surface area contributed by atoms with Crippen LogP contribution in [0.15, 0.2) is 24.3 Å². The third-order valence-electron chi connectivity index (χ3n) is 2.49. The molecule has 1 aromatic rings. The maximum atomic E-state index is 8.65. The van der Waals surface area contributed by atoms with Gasteiger partial charge in [0.05, 0.1) is 18.2 Å². The molecule has 1 aliphatic rings. The van der Waals surface area contributed by atoms with Crippen molar-refractivity contribution >= 4 is 11.8 Å². The van der Waals surface area contributed by atoms with E-state index in [1.54, 1.807) is 12.1 Å². The lowest BCUT2D eigenvalue weighted by Gasteiger charge is -2.09. The number of benzene rings is 1. The molecular weight excluding hydrogens is 220 g/mol. The second kappa shape index (κ2) is 5.78. The van der Waals surface area contributed by atoms with Gasteiger partial charge in [-0.2, -0.15) is 5.26 Å². The normalized spacial score (nSPS) is 19.3. The fourth-order valence-electron chi connectivity index (χ4n) is 1.57. The van der Waals surface area contributed by atoms with Crippen LogP contribution in [0.3, 0.4) is 0 Å². The number of hydrogen-bond donors (Lipinski definition) is 1. The maximum absolute atomic E-state index is 8.65. The van der Waals surface area contributed by atoms with E-state index in [2.05, 4.69) is 11.4 Å². The second-order valence-corrected chi connectivity index (χ2v) is 4.95. The van der Waals surface area contributed by atoms with Gasteiger partial charge in [0.1, 0.15) is 5.75 Å². The average Bonchev–Trinajstić information content (AvgIpc) is 2.83. The van der Waals surface area contributed by atoms with Crippen LogP contribution in [0.5, 0.6) is 5.75 Å². The summed E-state index contributed by atoms with van der Waals surface area (Å²) in [6, 6.07) is 9.34. The van der Waals surface area contributed by atoms with E-state index in [1.165, 1.54) is 0 Å². The molecule has 1 saturated heterocycles. The van der Waals surface area contributed by atoms with Crippen LogP contribution in [0.4, 0.5) is 0 Å². The van der Waals surface area contributed by atoms with E-state index in [9.17, 15) is 0 Å². The Morgan fingerprint density at radius 2 is 2.25 bits per heavy atom. The Balaban J connectivity index is 1.74. The summed E-state index contributed by atoms with van der Waals surface area (Å²) in [5.74, 6) is 1.90. The first-order valence-electron chi connectivity index (χ1n) is 5.34. The van der Waals surface area contributed by atoms with Crippen LogP contribution < -0.4 is 10.1 Å². The molecule has 1 fully saturated rings. The van der Waals surface area contributed by atoms with Crippen molar-refractivity contribution in [2.45, 2.75) is 11.7 Å². The molecule has 0 aromatic heterocycles. The van der Waals surface area contributed by atoms with Crippen molar-refractivity contribution in [2.75, 3.05) is 19.0 Å². The molecule has 0 saturated carbocycles. The van der Waals surface area contributed by atoms with Gasteiger partial charge in [0.15, 0.2) is 0 Å². The van der Waals surface area contributed by atoms with Gasteiger partial charge < -0.3 is 10.1 Å². The number of nitrogens with zero attached hydrogens (tertiary/aromatic N) is 1. The summed E-state index contributed by atoms with van der Waals surface area (Å²) in [5.41, 5.74) is 0.669. The third-order valence-corrected chi connectivity index (χ3v) is 3.73. The van der Waals surface area contributed by atoms with E-state index in [-0.39, 0.29) is 0 Å². The minimum Gasteiger partial charge on any atom is -0.494 e. The van der Waals surface area contributed by atoms with Gasteiger partial charge >= 0.3 is 0 Å². The molecular formula is C12H14N2OS. The highest BCUT2D eigenvalue weighted by molar-refractivity contribution is 8.00. The summed E-state index contributed by atoms with van der Waals surface area (Å²) in [6.45, 7) is 1.83. The van der Waals surface area contributed by atoms with Gasteiger partial charge in [0.2, 0.25) is 0 Å². The largest absolute Gasteiger partial charge is 0.494 e. The summed E-state index contributed by atoms with van der Waals surface area (Å²) in [5, 5.41) is 12.6. The molecule has 3 nitrogen and oxygen atoms in total. The fraction of sp³-hybridized carbons (Fsp3) is 0.417. The van der Waals surface area contributed by atoms with Crippen molar-refractivity contribution in [3.63, 3.8) is 0 Å². The molecule has 0 bridgehead atoms. The molecule has 1 aromatic carbocycles. The molecule has 16 heavy (non-hydrogen) atoms. The summed E-state index contributed by atoms with van der Waals surface area (Å²) >= 11 is 1.95. The third kappa shape index (κ3) is 3.16. The number of ether oxygens (including phenoxy) is 1. The molecule has 1 N–H and O–H groups in total. The molecule has 84 valence electrons. The van der Waals surface area contributed by atoms with Gasteiger partial charge in [-0.15, -0.1) is 11.8 Å². The Kier molecular flexibility index (Phi) is 4.09. The van der Waals surface area contributed by atoms with Crippen LogP contribution in [0, 0.1) is 11.3 Å². The highest BCUT2D eigenvalue weighted by atomic mass is 32.2. The lowest BCUT2D eigenvalue weighted by atomic mass is 10.2. The van der Waals surface area contributed by atoms with Gasteiger partial charge in [-0.1, -0.05) is 0 Å². The van der Waals surface area contributed by atoms with Gasteiger partial charge in [-0.05, 0) is 30.7 Å². The van der Waals surface area contributed by atoms with Crippen LogP contribution in [-0.2, 0) is 0 Å². The molecule has 2 rings (SSSR count). The molecule has 0 spiro atoms. The predicted octanol–water partition coefficient (Wildman–Crippen LogP) is 1.99. The van der Waals surface area contributed by atoms with Crippen LogP contribution in [0.2, 0.25) is 0 Å². The van der Waals surface area contributed by atoms with Crippen molar-refractivity contribution in [1.29, 1.82) is 5.26 Å². The number of nitrogens with one attached hydrogen (secondary N) is 1. The first-order chi connectivity index (χ1) is 7.88. The Bertz CT molecular complexity index is 366. The van der Waals surface area contributed by atoms with Crippen molar-refractivity contribution in [3.8, 4) is 11.8 Å². The van der Waals surface area contributed by atoms with Crippen molar-refractivity contribution in [3.05, 3.63) is 29.8 Å². The molecule has 1 atom stereocenters. The molecule has 1 heterocycles. The Morgan fingerprint density at radius 1 is 1.44 bits per heavy atom. The van der Waals surface area contributed by atoms with Crippen LogP contribution in [0.1, 0.15) is 12.0 Å². The SMILES string of the molecule is N#Cc1ccc(OCCC2CNCS2)cc1. The minimum absolute atomic E-state index is 0.669.